The van der Waals surface area contributed by atoms with Gasteiger partial charge in [0.25, 0.3) is 5.56 Å². The van der Waals surface area contributed by atoms with E-state index in [0.717, 1.165) is 22.3 Å². The lowest BCUT2D eigenvalue weighted by Crippen LogP contribution is -2.23. The molecule has 19 heavy (non-hydrogen) atoms. The van der Waals surface area contributed by atoms with Crippen LogP contribution in [0.5, 0.6) is 0 Å². The maximum Gasteiger partial charge on any atom is 0.268 e. The fourth-order valence-corrected chi connectivity index (χ4v) is 2.64. The third-order valence-electron chi connectivity index (χ3n) is 2.96. The molecule has 6 heteroatoms. The summed E-state index contributed by atoms with van der Waals surface area (Å²) in [5.74, 6) is 0. The number of pyridine rings is 1. The van der Waals surface area contributed by atoms with Crippen LogP contribution in [0, 0.1) is 11.3 Å². The van der Waals surface area contributed by atoms with Crippen LogP contribution in [0.25, 0.3) is 0 Å². The van der Waals surface area contributed by atoms with Crippen molar-refractivity contribution in [3.63, 3.8) is 0 Å². The van der Waals surface area contributed by atoms with Gasteiger partial charge < -0.3 is 4.57 Å². The van der Waals surface area contributed by atoms with Crippen LogP contribution < -0.4 is 5.56 Å². The van der Waals surface area contributed by atoms with Crippen molar-refractivity contribution in [3.8, 4) is 6.07 Å². The number of aryl methyl sites for hydroxylation is 2. The number of halogens is 1. The van der Waals surface area contributed by atoms with Crippen molar-refractivity contribution in [2.45, 2.75) is 19.9 Å². The van der Waals surface area contributed by atoms with Crippen molar-refractivity contribution in [2.75, 3.05) is 0 Å². The zero-order valence-electron chi connectivity index (χ0n) is 10.7. The first-order chi connectivity index (χ1) is 9.08. The van der Waals surface area contributed by atoms with Gasteiger partial charge in [-0.3, -0.25) is 9.48 Å². The van der Waals surface area contributed by atoms with E-state index in [-0.39, 0.29) is 11.1 Å². The molecule has 0 saturated carbocycles. The Labute approximate surface area is 119 Å². The quantitative estimate of drug-likeness (QED) is 0.866. The van der Waals surface area contributed by atoms with Crippen LogP contribution in [-0.2, 0) is 20.0 Å². The van der Waals surface area contributed by atoms with Gasteiger partial charge in [-0.1, -0.05) is 6.92 Å². The van der Waals surface area contributed by atoms with Crippen LogP contribution in [0.3, 0.4) is 0 Å². The summed E-state index contributed by atoms with van der Waals surface area (Å²) in [5, 5.41) is 13.3. The normalized spacial score (nSPS) is 10.4. The second kappa shape index (κ2) is 5.41. The predicted octanol–water partition coefficient (Wildman–Crippen LogP) is 1.83. The maximum atomic E-state index is 12.0. The lowest BCUT2D eigenvalue weighted by Gasteiger charge is -2.06. The molecule has 2 aromatic heterocycles. The number of nitrogens with zero attached hydrogens (tertiary/aromatic N) is 4. The number of hydrogen-bond donors (Lipinski definition) is 0. The fraction of sp³-hybridized carbons (Fsp3) is 0.308. The topological polar surface area (TPSA) is 63.6 Å². The van der Waals surface area contributed by atoms with Crippen LogP contribution in [0.1, 0.15) is 23.9 Å². The molecule has 0 radical (unpaired) electrons. The second-order valence-corrected chi connectivity index (χ2v) is 4.94. The number of rotatable bonds is 3. The summed E-state index contributed by atoms with van der Waals surface area (Å²) in [6, 6.07) is 5.12. The van der Waals surface area contributed by atoms with Gasteiger partial charge in [-0.25, -0.2) is 0 Å². The Bertz CT molecular complexity index is 708. The van der Waals surface area contributed by atoms with Crippen molar-refractivity contribution in [3.05, 3.63) is 50.1 Å². The van der Waals surface area contributed by atoms with E-state index in [4.69, 9.17) is 5.26 Å². The van der Waals surface area contributed by atoms with E-state index in [1.807, 2.05) is 20.0 Å². The molecule has 0 atom stereocenters. The molecule has 5 nitrogen and oxygen atoms in total. The molecule has 98 valence electrons. The van der Waals surface area contributed by atoms with Gasteiger partial charge in [0.05, 0.1) is 22.4 Å². The van der Waals surface area contributed by atoms with Gasteiger partial charge >= 0.3 is 0 Å². The average molecular weight is 321 g/mol. The minimum Gasteiger partial charge on any atom is -0.308 e. The molecule has 0 saturated heterocycles. The fourth-order valence-electron chi connectivity index (χ4n) is 1.90. The largest absolute Gasteiger partial charge is 0.308 e. The molecule has 0 fully saturated rings. The Hall–Kier alpha value is -1.87. The van der Waals surface area contributed by atoms with Crippen LogP contribution in [0.15, 0.2) is 27.6 Å². The van der Waals surface area contributed by atoms with Gasteiger partial charge in [0.15, 0.2) is 0 Å². The summed E-state index contributed by atoms with van der Waals surface area (Å²) in [6.07, 6.45) is 2.50. The van der Waals surface area contributed by atoms with Crippen molar-refractivity contribution in [1.82, 2.24) is 14.3 Å². The van der Waals surface area contributed by atoms with E-state index in [1.54, 1.807) is 16.9 Å². The van der Waals surface area contributed by atoms with E-state index < -0.39 is 0 Å². The first-order valence-electron chi connectivity index (χ1n) is 5.88. The van der Waals surface area contributed by atoms with Crippen LogP contribution in [-0.4, -0.2) is 14.3 Å². The molecule has 0 unspecified atom stereocenters. The first kappa shape index (κ1) is 13.6. The molecule has 0 N–H and O–H groups in total. The summed E-state index contributed by atoms with van der Waals surface area (Å²) in [7, 11) is 1.85. The highest BCUT2D eigenvalue weighted by Gasteiger charge is 2.13. The molecule has 0 spiro atoms. The zero-order chi connectivity index (χ0) is 14.0. The van der Waals surface area contributed by atoms with Gasteiger partial charge in [-0.2, -0.15) is 10.4 Å². The van der Waals surface area contributed by atoms with Crippen molar-refractivity contribution in [1.29, 1.82) is 5.26 Å². The molecule has 0 amide bonds. The Balaban J connectivity index is 2.46. The minimum absolute atomic E-state index is 0.150. The van der Waals surface area contributed by atoms with E-state index in [9.17, 15) is 4.79 Å². The number of aromatic nitrogens is 3. The van der Waals surface area contributed by atoms with Crippen molar-refractivity contribution >= 4 is 15.9 Å². The van der Waals surface area contributed by atoms with Crippen LogP contribution in [0.2, 0.25) is 0 Å². The predicted molar refractivity (Wildman–Crippen MR) is 74.8 cm³/mol. The zero-order valence-corrected chi connectivity index (χ0v) is 12.3. The summed E-state index contributed by atoms with van der Waals surface area (Å²) in [4.78, 5) is 12.0. The Kier molecular flexibility index (Phi) is 3.86. The lowest BCUT2D eigenvalue weighted by molar-refractivity contribution is 0.647. The van der Waals surface area contributed by atoms with E-state index >= 15 is 0 Å². The smallest absolute Gasteiger partial charge is 0.268 e. The standard InChI is InChI=1S/C13H13BrN4O/c1-3-10-12(14)11(17(2)16-10)8-18-6-4-5-9(7-15)13(18)19/h4-6H,3,8H2,1-2H3. The first-order valence-corrected chi connectivity index (χ1v) is 6.67. The van der Waals surface area contributed by atoms with Crippen LogP contribution in [0.4, 0.5) is 0 Å². The summed E-state index contributed by atoms with van der Waals surface area (Å²) in [5.41, 5.74) is 1.74. The highest BCUT2D eigenvalue weighted by molar-refractivity contribution is 9.10. The van der Waals surface area contributed by atoms with Crippen LogP contribution >= 0.6 is 15.9 Å². The summed E-state index contributed by atoms with van der Waals surface area (Å²) >= 11 is 3.52. The van der Waals surface area contributed by atoms with E-state index in [0.29, 0.717) is 6.54 Å². The molecule has 0 aliphatic carbocycles. The highest BCUT2D eigenvalue weighted by Crippen LogP contribution is 2.21. The number of hydrogen-bond acceptors (Lipinski definition) is 3. The molecule has 2 heterocycles. The van der Waals surface area contributed by atoms with E-state index in [1.165, 1.54) is 10.6 Å². The summed E-state index contributed by atoms with van der Waals surface area (Å²) in [6.45, 7) is 2.41. The Morgan fingerprint density at radius 2 is 2.26 bits per heavy atom. The molecule has 2 rings (SSSR count). The molecular formula is C13H13BrN4O. The minimum atomic E-state index is -0.281. The van der Waals surface area contributed by atoms with Gasteiger partial charge in [0.1, 0.15) is 11.6 Å². The van der Waals surface area contributed by atoms with Crippen molar-refractivity contribution in [2.24, 2.45) is 7.05 Å². The third-order valence-corrected chi connectivity index (χ3v) is 3.88. The van der Waals surface area contributed by atoms with Gasteiger partial charge in [0, 0.05) is 13.2 Å². The van der Waals surface area contributed by atoms with E-state index in [2.05, 4.69) is 21.0 Å². The monoisotopic (exact) mass is 320 g/mol. The Morgan fingerprint density at radius 1 is 1.53 bits per heavy atom. The molecule has 0 aromatic carbocycles. The average Bonchev–Trinajstić information content (AvgIpc) is 2.68. The molecule has 0 aliphatic rings. The lowest BCUT2D eigenvalue weighted by atomic mass is 10.2. The third kappa shape index (κ3) is 2.47. The maximum absolute atomic E-state index is 12.0. The molecule has 2 aromatic rings. The molecule has 0 aliphatic heterocycles. The number of nitriles is 1. The molecular weight excluding hydrogens is 308 g/mol. The van der Waals surface area contributed by atoms with Gasteiger partial charge in [-0.15, -0.1) is 0 Å². The highest BCUT2D eigenvalue weighted by atomic mass is 79.9. The molecule has 0 bridgehead atoms. The van der Waals surface area contributed by atoms with Crippen molar-refractivity contribution < 1.29 is 0 Å². The van der Waals surface area contributed by atoms with Gasteiger partial charge in [0.2, 0.25) is 0 Å². The Morgan fingerprint density at radius 3 is 2.84 bits per heavy atom. The SMILES string of the molecule is CCc1nn(C)c(Cn2cccc(C#N)c2=O)c1Br. The summed E-state index contributed by atoms with van der Waals surface area (Å²) < 4.78 is 4.19. The second-order valence-electron chi connectivity index (χ2n) is 4.15. The van der Waals surface area contributed by atoms with Gasteiger partial charge in [-0.05, 0) is 34.5 Å².